The molecule has 1 N–H and O–H groups in total. The summed E-state index contributed by atoms with van der Waals surface area (Å²) in [6, 6.07) is 9.39. The van der Waals surface area contributed by atoms with Gasteiger partial charge in [0.25, 0.3) is 5.91 Å². The average Bonchev–Trinajstić information content (AvgIpc) is 3.18. The first-order chi connectivity index (χ1) is 8.83. The molecule has 3 atom stereocenters. The van der Waals surface area contributed by atoms with Gasteiger partial charge in [0.1, 0.15) is 0 Å². The van der Waals surface area contributed by atoms with E-state index in [1.807, 2.05) is 30.3 Å². The third-order valence-electron chi connectivity index (χ3n) is 3.99. The van der Waals surface area contributed by atoms with Crippen LogP contribution in [0.3, 0.4) is 0 Å². The smallest absolute Gasteiger partial charge is 0.251 e. The number of amides is 1. The molecule has 0 radical (unpaired) electrons. The van der Waals surface area contributed by atoms with Gasteiger partial charge in [-0.1, -0.05) is 18.2 Å². The van der Waals surface area contributed by atoms with Crippen molar-refractivity contribution < 1.29 is 9.53 Å². The molecule has 0 unspecified atom stereocenters. The molecule has 3 rings (SSSR count). The zero-order valence-electron chi connectivity index (χ0n) is 10.5. The van der Waals surface area contributed by atoms with Gasteiger partial charge in [-0.05, 0) is 43.7 Å². The number of hydrogen-bond donors (Lipinski definition) is 1. The molecule has 1 aromatic carbocycles. The predicted molar refractivity (Wildman–Crippen MR) is 69.4 cm³/mol. The minimum Gasteiger partial charge on any atom is -0.370 e. The van der Waals surface area contributed by atoms with Gasteiger partial charge in [0.2, 0.25) is 0 Å². The van der Waals surface area contributed by atoms with Crippen molar-refractivity contribution in [2.75, 3.05) is 6.54 Å². The van der Waals surface area contributed by atoms with Gasteiger partial charge in [-0.25, -0.2) is 0 Å². The number of rotatable bonds is 4. The summed E-state index contributed by atoms with van der Waals surface area (Å²) in [7, 11) is 0. The predicted octanol–water partition coefficient (Wildman–Crippen LogP) is 2.37. The van der Waals surface area contributed by atoms with E-state index in [2.05, 4.69) is 5.32 Å². The van der Waals surface area contributed by atoms with Gasteiger partial charge >= 0.3 is 0 Å². The van der Waals surface area contributed by atoms with Crippen LogP contribution in [0.1, 0.15) is 36.0 Å². The Morgan fingerprint density at radius 1 is 1.22 bits per heavy atom. The highest BCUT2D eigenvalue weighted by molar-refractivity contribution is 5.94. The fraction of sp³-hybridized carbons (Fsp3) is 0.533. The molecule has 0 bridgehead atoms. The lowest BCUT2D eigenvalue weighted by Crippen LogP contribution is -2.27. The summed E-state index contributed by atoms with van der Waals surface area (Å²) < 4.78 is 5.52. The standard InChI is InChI=1S/C15H19NO2/c17-15(12-4-2-1-3-5-12)16-9-8-11-6-7-13-14(10-11)18-13/h1-5,11,13-14H,6-10H2,(H,16,17)/t11-,13-,14+/m0/s1. The SMILES string of the molecule is O=C(NCC[C@@H]1CC[C@@H]2O[C@@H]2C1)c1ccccc1. The molecule has 18 heavy (non-hydrogen) atoms. The molecule has 1 amide bonds. The molecule has 0 aromatic heterocycles. The molecule has 3 heteroatoms. The monoisotopic (exact) mass is 245 g/mol. The number of carbonyl (C=O) groups is 1. The third-order valence-corrected chi connectivity index (χ3v) is 3.99. The Bertz CT molecular complexity index is 418. The van der Waals surface area contributed by atoms with Crippen LogP contribution in [0, 0.1) is 5.92 Å². The van der Waals surface area contributed by atoms with Gasteiger partial charge in [-0.2, -0.15) is 0 Å². The second-order valence-electron chi connectivity index (χ2n) is 5.30. The highest BCUT2D eigenvalue weighted by atomic mass is 16.6. The number of ether oxygens (including phenoxy) is 1. The molecule has 1 heterocycles. The summed E-state index contributed by atoms with van der Waals surface area (Å²) in [6.07, 6.45) is 5.83. The number of carbonyl (C=O) groups excluding carboxylic acids is 1. The Kier molecular flexibility index (Phi) is 3.33. The van der Waals surface area contributed by atoms with Gasteiger partial charge in [0.05, 0.1) is 12.2 Å². The second-order valence-corrected chi connectivity index (χ2v) is 5.30. The lowest BCUT2D eigenvalue weighted by atomic mass is 9.87. The van der Waals surface area contributed by atoms with E-state index < -0.39 is 0 Å². The van der Waals surface area contributed by atoms with Crippen LogP contribution in [0.5, 0.6) is 0 Å². The topological polar surface area (TPSA) is 41.6 Å². The van der Waals surface area contributed by atoms with Crippen LogP contribution in [-0.2, 0) is 4.74 Å². The highest BCUT2D eigenvalue weighted by Crippen LogP contribution is 2.40. The number of hydrogen-bond acceptors (Lipinski definition) is 2. The first kappa shape index (κ1) is 11.7. The Balaban J connectivity index is 1.40. The zero-order chi connectivity index (χ0) is 12.4. The molecular formula is C15H19NO2. The third kappa shape index (κ3) is 2.72. The first-order valence-corrected chi connectivity index (χ1v) is 6.81. The first-order valence-electron chi connectivity index (χ1n) is 6.81. The molecule has 1 aromatic rings. The summed E-state index contributed by atoms with van der Waals surface area (Å²) in [6.45, 7) is 0.774. The molecule has 1 saturated carbocycles. The van der Waals surface area contributed by atoms with Crippen LogP contribution in [0.2, 0.25) is 0 Å². The quantitative estimate of drug-likeness (QED) is 0.827. The number of nitrogens with one attached hydrogen (secondary N) is 1. The maximum atomic E-state index is 11.8. The van der Waals surface area contributed by atoms with E-state index in [-0.39, 0.29) is 5.91 Å². The number of benzene rings is 1. The molecule has 96 valence electrons. The van der Waals surface area contributed by atoms with Crippen molar-refractivity contribution in [3.8, 4) is 0 Å². The maximum Gasteiger partial charge on any atom is 0.251 e. The van der Waals surface area contributed by atoms with Crippen molar-refractivity contribution in [3.05, 3.63) is 35.9 Å². The van der Waals surface area contributed by atoms with Crippen LogP contribution in [-0.4, -0.2) is 24.7 Å². The summed E-state index contributed by atoms with van der Waals surface area (Å²) in [5.41, 5.74) is 0.742. The summed E-state index contributed by atoms with van der Waals surface area (Å²) >= 11 is 0. The average molecular weight is 245 g/mol. The van der Waals surface area contributed by atoms with E-state index in [0.717, 1.165) is 24.4 Å². The normalized spacial score (nSPS) is 29.4. The van der Waals surface area contributed by atoms with Gasteiger partial charge in [0, 0.05) is 12.1 Å². The van der Waals surface area contributed by atoms with Crippen molar-refractivity contribution in [2.45, 2.75) is 37.9 Å². The van der Waals surface area contributed by atoms with Crippen molar-refractivity contribution in [3.63, 3.8) is 0 Å². The van der Waals surface area contributed by atoms with E-state index in [1.165, 1.54) is 19.3 Å². The Morgan fingerprint density at radius 3 is 2.83 bits per heavy atom. The number of fused-ring (bicyclic) bond motifs is 1. The highest BCUT2D eigenvalue weighted by Gasteiger charge is 2.43. The lowest BCUT2D eigenvalue weighted by molar-refractivity contribution is 0.0950. The van der Waals surface area contributed by atoms with Crippen LogP contribution in [0.25, 0.3) is 0 Å². The zero-order valence-corrected chi connectivity index (χ0v) is 10.5. The Labute approximate surface area is 108 Å². The van der Waals surface area contributed by atoms with Crippen molar-refractivity contribution in [2.24, 2.45) is 5.92 Å². The van der Waals surface area contributed by atoms with Gasteiger partial charge < -0.3 is 10.1 Å². The molecule has 3 nitrogen and oxygen atoms in total. The maximum absolute atomic E-state index is 11.8. The van der Waals surface area contributed by atoms with Gasteiger partial charge in [-0.3, -0.25) is 4.79 Å². The Hall–Kier alpha value is -1.35. The summed E-state index contributed by atoms with van der Waals surface area (Å²) in [4.78, 5) is 11.8. The van der Waals surface area contributed by atoms with E-state index in [0.29, 0.717) is 12.2 Å². The lowest BCUT2D eigenvalue weighted by Gasteiger charge is -2.18. The molecule has 0 spiro atoms. The van der Waals surface area contributed by atoms with Gasteiger partial charge in [0.15, 0.2) is 0 Å². The fourth-order valence-corrected chi connectivity index (χ4v) is 2.83. The minimum atomic E-state index is 0.0342. The molecule has 1 aliphatic carbocycles. The largest absolute Gasteiger partial charge is 0.370 e. The van der Waals surface area contributed by atoms with Crippen molar-refractivity contribution >= 4 is 5.91 Å². The van der Waals surface area contributed by atoms with Crippen molar-refractivity contribution in [1.82, 2.24) is 5.32 Å². The summed E-state index contributed by atoms with van der Waals surface area (Å²) in [5.74, 6) is 0.761. The number of epoxide rings is 1. The van der Waals surface area contributed by atoms with E-state index >= 15 is 0 Å². The van der Waals surface area contributed by atoms with E-state index in [1.54, 1.807) is 0 Å². The van der Waals surface area contributed by atoms with E-state index in [9.17, 15) is 4.79 Å². The van der Waals surface area contributed by atoms with E-state index in [4.69, 9.17) is 4.74 Å². The minimum absolute atomic E-state index is 0.0342. The molecular weight excluding hydrogens is 226 g/mol. The fourth-order valence-electron chi connectivity index (χ4n) is 2.83. The molecule has 2 aliphatic rings. The van der Waals surface area contributed by atoms with Crippen molar-refractivity contribution in [1.29, 1.82) is 0 Å². The van der Waals surface area contributed by atoms with Crippen LogP contribution in [0.15, 0.2) is 30.3 Å². The van der Waals surface area contributed by atoms with Crippen LogP contribution >= 0.6 is 0 Å². The second kappa shape index (κ2) is 5.11. The Morgan fingerprint density at radius 2 is 2.06 bits per heavy atom. The molecule has 1 saturated heterocycles. The van der Waals surface area contributed by atoms with Crippen LogP contribution in [0.4, 0.5) is 0 Å². The van der Waals surface area contributed by atoms with Gasteiger partial charge in [-0.15, -0.1) is 0 Å². The molecule has 2 fully saturated rings. The van der Waals surface area contributed by atoms with Crippen LogP contribution < -0.4 is 5.32 Å². The summed E-state index contributed by atoms with van der Waals surface area (Å²) in [5, 5.41) is 2.99. The molecule has 1 aliphatic heterocycles.